The summed E-state index contributed by atoms with van der Waals surface area (Å²) in [5.74, 6) is -0.462. The van der Waals surface area contributed by atoms with Crippen molar-refractivity contribution < 1.29 is 23.7 Å². The molecule has 1 heterocycles. The van der Waals surface area contributed by atoms with E-state index in [1.807, 2.05) is 0 Å². The van der Waals surface area contributed by atoms with Crippen LogP contribution in [-0.2, 0) is 23.7 Å². The molecule has 1 aliphatic heterocycles. The van der Waals surface area contributed by atoms with E-state index >= 15 is 0 Å². The molecule has 1 saturated heterocycles. The third-order valence-electron chi connectivity index (χ3n) is 1.80. The predicted octanol–water partition coefficient (Wildman–Crippen LogP) is -1.10. The van der Waals surface area contributed by atoms with E-state index in [4.69, 9.17) is 14.2 Å². The van der Waals surface area contributed by atoms with E-state index in [-0.39, 0.29) is 36.2 Å². The van der Waals surface area contributed by atoms with Crippen molar-refractivity contribution in [3.8, 4) is 0 Å². The number of methoxy groups -OCH3 is 3. The van der Waals surface area contributed by atoms with Gasteiger partial charge in [0.1, 0.15) is 0 Å². The van der Waals surface area contributed by atoms with Gasteiger partial charge in [0.15, 0.2) is 6.29 Å². The van der Waals surface area contributed by atoms with Crippen molar-refractivity contribution >= 4 is 35.5 Å². The molecule has 72 valence electrons. The molecule has 1 fully saturated rings. The van der Waals surface area contributed by atoms with Crippen LogP contribution in [-0.4, -0.2) is 75.4 Å². The van der Waals surface area contributed by atoms with Crippen molar-refractivity contribution in [1.29, 1.82) is 0 Å². The Kier molecular flexibility index (Phi) is 5.43. The number of epoxide rings is 1. The third-order valence-corrected chi connectivity index (χ3v) is 1.80. The summed E-state index contributed by atoms with van der Waals surface area (Å²) in [5.41, 5.74) is -1.03. The molecule has 0 N–H and O–H groups in total. The van der Waals surface area contributed by atoms with Crippen LogP contribution < -0.4 is 0 Å². The van der Waals surface area contributed by atoms with E-state index in [9.17, 15) is 4.79 Å². The molecule has 0 bridgehead atoms. The van der Waals surface area contributed by atoms with Crippen LogP contribution in [0.4, 0.5) is 0 Å². The van der Waals surface area contributed by atoms with Gasteiger partial charge in [-0.2, -0.15) is 0 Å². The summed E-state index contributed by atoms with van der Waals surface area (Å²) in [6, 6.07) is 0. The van der Waals surface area contributed by atoms with Crippen LogP contribution in [0.15, 0.2) is 0 Å². The van der Waals surface area contributed by atoms with E-state index in [0.29, 0.717) is 0 Å². The zero-order valence-electron chi connectivity index (χ0n) is 7.33. The molecule has 0 aromatic rings. The van der Waals surface area contributed by atoms with Gasteiger partial charge in [0.2, 0.25) is 5.60 Å². The Morgan fingerprint density at radius 2 is 1.85 bits per heavy atom. The molecular weight excluding hydrogens is 187 g/mol. The standard InChI is InChI=1S/C7H12O5.Na.H/c1-9-5(8)7(4-12-7)6(10-2)11-3;;/h6H,4H2,1-3H3;;. The molecule has 1 aliphatic rings. The van der Waals surface area contributed by atoms with Crippen molar-refractivity contribution in [3.05, 3.63) is 0 Å². The van der Waals surface area contributed by atoms with Gasteiger partial charge in [-0.05, 0) is 0 Å². The Hall–Kier alpha value is 0.350. The number of carbonyl (C=O) groups excluding carboxylic acids is 1. The molecule has 0 saturated carbocycles. The van der Waals surface area contributed by atoms with Gasteiger partial charge >= 0.3 is 35.5 Å². The van der Waals surface area contributed by atoms with Crippen LogP contribution in [0.3, 0.4) is 0 Å². The molecule has 0 aromatic heterocycles. The van der Waals surface area contributed by atoms with Crippen LogP contribution in [0.25, 0.3) is 0 Å². The van der Waals surface area contributed by atoms with Crippen LogP contribution in [0.2, 0.25) is 0 Å². The van der Waals surface area contributed by atoms with Crippen molar-refractivity contribution in [2.75, 3.05) is 27.9 Å². The Morgan fingerprint density at radius 1 is 1.38 bits per heavy atom. The fourth-order valence-electron chi connectivity index (χ4n) is 1.08. The van der Waals surface area contributed by atoms with Gasteiger partial charge in [-0.1, -0.05) is 0 Å². The number of hydrogen-bond acceptors (Lipinski definition) is 5. The molecule has 0 radical (unpaired) electrons. The maximum atomic E-state index is 11.1. The van der Waals surface area contributed by atoms with E-state index in [2.05, 4.69) is 4.74 Å². The molecule has 1 rings (SSSR count). The van der Waals surface area contributed by atoms with Gasteiger partial charge in [-0.25, -0.2) is 4.79 Å². The van der Waals surface area contributed by atoms with Crippen LogP contribution in [0.5, 0.6) is 0 Å². The zero-order chi connectivity index (χ0) is 9.19. The van der Waals surface area contributed by atoms with Gasteiger partial charge in [0.05, 0.1) is 13.7 Å². The van der Waals surface area contributed by atoms with Crippen molar-refractivity contribution in [1.82, 2.24) is 0 Å². The van der Waals surface area contributed by atoms with E-state index in [1.54, 1.807) is 0 Å². The average molecular weight is 200 g/mol. The molecule has 5 nitrogen and oxygen atoms in total. The van der Waals surface area contributed by atoms with Gasteiger partial charge in [-0.3, -0.25) is 0 Å². The quantitative estimate of drug-likeness (QED) is 0.249. The summed E-state index contributed by atoms with van der Waals surface area (Å²) in [6.45, 7) is 0.284. The summed E-state index contributed by atoms with van der Waals surface area (Å²) < 4.78 is 19.3. The monoisotopic (exact) mass is 200 g/mol. The summed E-state index contributed by atoms with van der Waals surface area (Å²) >= 11 is 0. The second-order valence-electron chi connectivity index (χ2n) is 2.47. The summed E-state index contributed by atoms with van der Waals surface area (Å²) in [6.07, 6.45) is -0.690. The number of ether oxygens (including phenoxy) is 4. The molecule has 1 atom stereocenters. The van der Waals surface area contributed by atoms with Crippen LogP contribution in [0.1, 0.15) is 0 Å². The van der Waals surface area contributed by atoms with Crippen molar-refractivity contribution in [2.24, 2.45) is 0 Å². The average Bonchev–Trinajstić information content (AvgIpc) is 2.87. The van der Waals surface area contributed by atoms with Crippen LogP contribution in [0, 0.1) is 0 Å². The molecule has 1 unspecified atom stereocenters. The molecule has 0 aliphatic carbocycles. The first-order chi connectivity index (χ1) is 5.71. The molecule has 0 amide bonds. The maximum absolute atomic E-state index is 11.1. The first-order valence-electron chi connectivity index (χ1n) is 3.49. The number of carbonyl (C=O) groups is 1. The number of rotatable bonds is 4. The minimum absolute atomic E-state index is 0. The van der Waals surface area contributed by atoms with Crippen molar-refractivity contribution in [2.45, 2.75) is 11.9 Å². The molecule has 0 aromatic carbocycles. The van der Waals surface area contributed by atoms with Gasteiger partial charge in [0.25, 0.3) is 0 Å². The van der Waals surface area contributed by atoms with E-state index in [0.717, 1.165) is 0 Å². The second-order valence-corrected chi connectivity index (χ2v) is 2.47. The Morgan fingerprint density at radius 3 is 2.08 bits per heavy atom. The molecule has 13 heavy (non-hydrogen) atoms. The zero-order valence-corrected chi connectivity index (χ0v) is 7.33. The van der Waals surface area contributed by atoms with Crippen molar-refractivity contribution in [3.63, 3.8) is 0 Å². The molecule has 0 spiro atoms. The normalized spacial score (nSPS) is 25.2. The minimum atomic E-state index is -1.03. The van der Waals surface area contributed by atoms with Gasteiger partial charge in [-0.15, -0.1) is 0 Å². The topological polar surface area (TPSA) is 57.3 Å². The van der Waals surface area contributed by atoms with E-state index in [1.165, 1.54) is 21.3 Å². The molecular formula is C7H13NaO5. The number of hydrogen-bond donors (Lipinski definition) is 0. The Bertz CT molecular complexity index is 176. The van der Waals surface area contributed by atoms with E-state index < -0.39 is 17.9 Å². The number of esters is 1. The third kappa shape index (κ3) is 2.43. The van der Waals surface area contributed by atoms with Crippen LogP contribution >= 0.6 is 0 Å². The first-order valence-corrected chi connectivity index (χ1v) is 3.49. The summed E-state index contributed by atoms with van der Waals surface area (Å²) in [5, 5.41) is 0. The fraction of sp³-hybridized carbons (Fsp3) is 0.857. The summed E-state index contributed by atoms with van der Waals surface area (Å²) in [4.78, 5) is 11.1. The second kappa shape index (κ2) is 5.29. The Balaban J connectivity index is 0.00000144. The first kappa shape index (κ1) is 13.4. The predicted molar refractivity (Wildman–Crippen MR) is 45.7 cm³/mol. The molecule has 6 heteroatoms. The SMILES string of the molecule is COC(=O)C1(C(OC)OC)CO1.[NaH]. The van der Waals surface area contributed by atoms with Gasteiger partial charge < -0.3 is 18.9 Å². The van der Waals surface area contributed by atoms with Gasteiger partial charge in [0, 0.05) is 14.2 Å². The summed E-state index contributed by atoms with van der Waals surface area (Å²) in [7, 11) is 4.19. The Labute approximate surface area is 99.0 Å². The fourth-order valence-corrected chi connectivity index (χ4v) is 1.08.